The van der Waals surface area contributed by atoms with E-state index in [9.17, 15) is 4.79 Å². The predicted octanol–water partition coefficient (Wildman–Crippen LogP) is 2.25. The van der Waals surface area contributed by atoms with Crippen molar-refractivity contribution >= 4 is 17.7 Å². The number of aryl methyl sites for hydroxylation is 3. The van der Waals surface area contributed by atoms with Gasteiger partial charge in [-0.15, -0.1) is 10.2 Å². The van der Waals surface area contributed by atoms with Crippen LogP contribution in [0.15, 0.2) is 30.3 Å². The van der Waals surface area contributed by atoms with Gasteiger partial charge in [0.2, 0.25) is 5.91 Å². The number of carbonyl (C=O) groups excluding carboxylic acids is 1. The van der Waals surface area contributed by atoms with Gasteiger partial charge >= 0.3 is 0 Å². The van der Waals surface area contributed by atoms with E-state index < -0.39 is 0 Å². The van der Waals surface area contributed by atoms with Crippen molar-refractivity contribution in [3.63, 3.8) is 0 Å². The third-order valence-corrected chi connectivity index (χ3v) is 4.99. The molecule has 1 aromatic heterocycles. The molecule has 0 saturated carbocycles. The highest BCUT2D eigenvalue weighted by atomic mass is 32.2. The summed E-state index contributed by atoms with van der Waals surface area (Å²) in [5, 5.41) is 11.9. The molecular weight excluding hydrogens is 320 g/mol. The van der Waals surface area contributed by atoms with Gasteiger partial charge in [-0.1, -0.05) is 30.3 Å². The molecule has 128 valence electrons. The van der Waals surface area contributed by atoms with E-state index in [0.29, 0.717) is 5.75 Å². The summed E-state index contributed by atoms with van der Waals surface area (Å²) in [5.74, 6) is 2.78. The summed E-state index contributed by atoms with van der Waals surface area (Å²) >= 11 is 1.56. The lowest BCUT2D eigenvalue weighted by Gasteiger charge is -2.15. The van der Waals surface area contributed by atoms with Crippen LogP contribution in [0.5, 0.6) is 0 Å². The molecule has 0 spiro atoms. The lowest BCUT2D eigenvalue weighted by atomic mass is 10.1. The number of hydrogen-bond acceptors (Lipinski definition) is 4. The average molecular weight is 344 g/mol. The first kappa shape index (κ1) is 17.0. The Balaban J connectivity index is 1.59. The quantitative estimate of drug-likeness (QED) is 0.873. The number of thioether (sulfide) groups is 1. The largest absolute Gasteiger partial charge is 0.353 e. The van der Waals surface area contributed by atoms with Gasteiger partial charge in [0.05, 0.1) is 5.75 Å². The number of hydrogen-bond donors (Lipinski definition) is 1. The summed E-state index contributed by atoms with van der Waals surface area (Å²) in [5.41, 5.74) is 1.32. The number of carbonyl (C=O) groups is 1. The number of fused-ring (bicyclic) bond motifs is 1. The molecule has 2 aromatic rings. The molecule has 2 heterocycles. The molecule has 1 aromatic carbocycles. The second-order valence-electron chi connectivity index (χ2n) is 6.19. The summed E-state index contributed by atoms with van der Waals surface area (Å²) in [4.78, 5) is 11.8. The maximum atomic E-state index is 11.8. The molecule has 24 heavy (non-hydrogen) atoms. The van der Waals surface area contributed by atoms with E-state index in [0.717, 1.165) is 50.3 Å². The number of aromatic nitrogens is 3. The van der Waals surface area contributed by atoms with Crippen LogP contribution in [-0.2, 0) is 30.6 Å². The van der Waals surface area contributed by atoms with Crippen LogP contribution in [0, 0.1) is 0 Å². The molecule has 0 saturated heterocycles. The van der Waals surface area contributed by atoms with Crippen LogP contribution in [0.4, 0.5) is 0 Å². The van der Waals surface area contributed by atoms with Gasteiger partial charge in [0.1, 0.15) is 11.6 Å². The molecule has 1 unspecified atom stereocenters. The summed E-state index contributed by atoms with van der Waals surface area (Å²) in [6.07, 6.45) is 6.60. The fourth-order valence-electron chi connectivity index (χ4n) is 3.18. The van der Waals surface area contributed by atoms with Gasteiger partial charge in [-0.25, -0.2) is 0 Å². The maximum Gasteiger partial charge on any atom is 0.230 e. The summed E-state index contributed by atoms with van der Waals surface area (Å²) in [7, 11) is 0. The minimum atomic E-state index is 0.134. The Hall–Kier alpha value is -1.82. The van der Waals surface area contributed by atoms with Crippen molar-refractivity contribution in [1.29, 1.82) is 0 Å². The molecule has 3 rings (SSSR count). The smallest absolute Gasteiger partial charge is 0.230 e. The molecule has 1 aliphatic rings. The number of nitrogens with zero attached hydrogens (tertiary/aromatic N) is 3. The Morgan fingerprint density at radius 3 is 2.88 bits per heavy atom. The maximum absolute atomic E-state index is 11.8. The van der Waals surface area contributed by atoms with Crippen LogP contribution in [-0.4, -0.2) is 38.7 Å². The fraction of sp³-hybridized carbons (Fsp3) is 0.500. The van der Waals surface area contributed by atoms with E-state index in [1.807, 2.05) is 12.3 Å². The summed E-state index contributed by atoms with van der Waals surface area (Å²) < 4.78 is 2.25. The normalized spacial score (nSPS) is 17.1. The van der Waals surface area contributed by atoms with Gasteiger partial charge in [-0.3, -0.25) is 4.79 Å². The Kier molecular flexibility index (Phi) is 5.91. The van der Waals surface area contributed by atoms with Gasteiger partial charge in [0.15, 0.2) is 0 Å². The van der Waals surface area contributed by atoms with Crippen LogP contribution in [0.1, 0.15) is 30.1 Å². The van der Waals surface area contributed by atoms with E-state index >= 15 is 0 Å². The van der Waals surface area contributed by atoms with Crippen molar-refractivity contribution in [3.8, 4) is 0 Å². The molecular formula is C18H24N4OS. The van der Waals surface area contributed by atoms with Crippen LogP contribution < -0.4 is 5.32 Å². The monoisotopic (exact) mass is 344 g/mol. The Labute approximate surface area is 147 Å². The molecule has 1 N–H and O–H groups in total. The van der Waals surface area contributed by atoms with E-state index in [-0.39, 0.29) is 11.9 Å². The zero-order chi connectivity index (χ0) is 16.8. The number of benzene rings is 1. The minimum absolute atomic E-state index is 0.134. The zero-order valence-electron chi connectivity index (χ0n) is 14.1. The molecule has 0 fully saturated rings. The van der Waals surface area contributed by atoms with Crippen molar-refractivity contribution in [2.45, 2.75) is 44.7 Å². The first-order valence-electron chi connectivity index (χ1n) is 8.49. The van der Waals surface area contributed by atoms with Gasteiger partial charge in [0.25, 0.3) is 0 Å². The van der Waals surface area contributed by atoms with E-state index in [2.05, 4.69) is 44.3 Å². The van der Waals surface area contributed by atoms with Gasteiger partial charge in [-0.2, -0.15) is 11.8 Å². The van der Waals surface area contributed by atoms with Crippen molar-refractivity contribution in [3.05, 3.63) is 47.5 Å². The Morgan fingerprint density at radius 1 is 1.25 bits per heavy atom. The third-order valence-electron chi connectivity index (χ3n) is 4.44. The van der Waals surface area contributed by atoms with E-state index in [4.69, 9.17) is 0 Å². The second-order valence-corrected chi connectivity index (χ2v) is 7.06. The van der Waals surface area contributed by atoms with Crippen molar-refractivity contribution in [1.82, 2.24) is 20.1 Å². The van der Waals surface area contributed by atoms with Crippen LogP contribution >= 0.6 is 11.8 Å². The van der Waals surface area contributed by atoms with Crippen molar-refractivity contribution in [2.75, 3.05) is 12.0 Å². The minimum Gasteiger partial charge on any atom is -0.353 e. The number of rotatable bonds is 6. The van der Waals surface area contributed by atoms with Gasteiger partial charge in [-0.05, 0) is 31.1 Å². The third kappa shape index (κ3) is 4.38. The van der Waals surface area contributed by atoms with E-state index in [1.54, 1.807) is 11.8 Å². The van der Waals surface area contributed by atoms with Crippen LogP contribution in [0.3, 0.4) is 0 Å². The lowest BCUT2D eigenvalue weighted by Crippen LogP contribution is -2.36. The Bertz CT molecular complexity index is 671. The molecule has 0 bridgehead atoms. The molecule has 5 nitrogen and oxygen atoms in total. The fourth-order valence-corrected chi connectivity index (χ4v) is 3.52. The van der Waals surface area contributed by atoms with Gasteiger partial charge in [0, 0.05) is 25.4 Å². The zero-order valence-corrected chi connectivity index (χ0v) is 14.9. The summed E-state index contributed by atoms with van der Waals surface area (Å²) in [6.45, 7) is 0.886. The van der Waals surface area contributed by atoms with E-state index in [1.165, 1.54) is 5.56 Å². The van der Waals surface area contributed by atoms with Gasteiger partial charge < -0.3 is 9.88 Å². The SMILES string of the molecule is CSCC(=O)NC1CCc2nnc(CCc3ccccc3)n2CC1. The topological polar surface area (TPSA) is 59.8 Å². The first-order chi connectivity index (χ1) is 11.8. The second kappa shape index (κ2) is 8.33. The summed E-state index contributed by atoms with van der Waals surface area (Å²) in [6, 6.07) is 10.7. The highest BCUT2D eigenvalue weighted by Crippen LogP contribution is 2.17. The molecule has 1 atom stereocenters. The molecule has 0 radical (unpaired) electrons. The van der Waals surface area contributed by atoms with Crippen LogP contribution in [0.2, 0.25) is 0 Å². The first-order valence-corrected chi connectivity index (χ1v) is 9.89. The molecule has 6 heteroatoms. The molecule has 0 aliphatic carbocycles. The number of amides is 1. The highest BCUT2D eigenvalue weighted by Gasteiger charge is 2.21. The molecule has 1 amide bonds. The van der Waals surface area contributed by atoms with Crippen molar-refractivity contribution in [2.24, 2.45) is 0 Å². The number of nitrogens with one attached hydrogen (secondary N) is 1. The lowest BCUT2D eigenvalue weighted by molar-refractivity contribution is -0.119. The predicted molar refractivity (Wildman–Crippen MR) is 97.1 cm³/mol. The average Bonchev–Trinajstić information content (AvgIpc) is 2.87. The van der Waals surface area contributed by atoms with Crippen molar-refractivity contribution < 1.29 is 4.79 Å². The standard InChI is InChI=1S/C18H24N4OS/c1-24-13-18(23)19-15-8-10-17-21-20-16(22(17)12-11-15)9-7-14-5-3-2-4-6-14/h2-6,15H,7-13H2,1H3,(H,19,23). The Morgan fingerprint density at radius 2 is 2.08 bits per heavy atom. The van der Waals surface area contributed by atoms with Crippen LogP contribution in [0.25, 0.3) is 0 Å². The highest BCUT2D eigenvalue weighted by molar-refractivity contribution is 7.99. The molecule has 1 aliphatic heterocycles.